The third-order valence-electron chi connectivity index (χ3n) is 4.14. The molecule has 0 saturated carbocycles. The number of hydrogen-bond donors (Lipinski definition) is 1. The van der Waals surface area contributed by atoms with E-state index in [2.05, 4.69) is 37.4 Å². The van der Waals surface area contributed by atoms with E-state index in [1.54, 1.807) is 0 Å². The zero-order valence-electron chi connectivity index (χ0n) is 11.3. The highest BCUT2D eigenvalue weighted by Gasteiger charge is 2.13. The van der Waals surface area contributed by atoms with E-state index in [-0.39, 0.29) is 0 Å². The molecule has 2 aromatic rings. The predicted octanol–water partition coefficient (Wildman–Crippen LogP) is 4.20. The summed E-state index contributed by atoms with van der Waals surface area (Å²) in [5, 5.41) is 5.08. The van der Waals surface area contributed by atoms with Crippen molar-refractivity contribution in [1.82, 2.24) is 5.32 Å². The van der Waals surface area contributed by atoms with Crippen molar-refractivity contribution in [2.24, 2.45) is 0 Å². The molecule has 1 nitrogen and oxygen atoms in total. The first-order chi connectivity index (χ1) is 8.74. The van der Waals surface area contributed by atoms with Crippen molar-refractivity contribution in [3.8, 4) is 0 Å². The number of thiophene rings is 1. The van der Waals surface area contributed by atoms with Gasteiger partial charge in [0.05, 0.1) is 0 Å². The third-order valence-corrected chi connectivity index (χ3v) is 5.31. The van der Waals surface area contributed by atoms with Crippen molar-refractivity contribution in [2.75, 3.05) is 6.54 Å². The highest BCUT2D eigenvalue weighted by atomic mass is 32.1. The topological polar surface area (TPSA) is 12.0 Å². The van der Waals surface area contributed by atoms with Crippen LogP contribution in [0.4, 0.5) is 0 Å². The SMILES string of the molecule is Cc1sc2cc(CC3CCCCN3)ccc2c1C. The molecule has 1 atom stereocenters. The Bertz CT molecular complexity index is 549. The quantitative estimate of drug-likeness (QED) is 0.852. The van der Waals surface area contributed by atoms with E-state index < -0.39 is 0 Å². The maximum Gasteiger partial charge on any atom is 0.0351 e. The lowest BCUT2D eigenvalue weighted by Crippen LogP contribution is -2.35. The van der Waals surface area contributed by atoms with Crippen molar-refractivity contribution in [2.45, 2.75) is 45.6 Å². The Labute approximate surface area is 113 Å². The van der Waals surface area contributed by atoms with Crippen LogP contribution in [0.15, 0.2) is 18.2 Å². The van der Waals surface area contributed by atoms with Gasteiger partial charge in [-0.15, -0.1) is 11.3 Å². The number of aryl methyl sites for hydroxylation is 2. The highest BCUT2D eigenvalue weighted by Crippen LogP contribution is 2.31. The molecule has 0 aliphatic carbocycles. The van der Waals surface area contributed by atoms with Crippen molar-refractivity contribution in [1.29, 1.82) is 0 Å². The van der Waals surface area contributed by atoms with Crippen molar-refractivity contribution in [3.05, 3.63) is 34.2 Å². The van der Waals surface area contributed by atoms with Crippen LogP contribution in [-0.4, -0.2) is 12.6 Å². The van der Waals surface area contributed by atoms with Crippen molar-refractivity contribution < 1.29 is 0 Å². The molecule has 1 aliphatic rings. The molecule has 1 N–H and O–H groups in total. The minimum atomic E-state index is 0.693. The minimum absolute atomic E-state index is 0.693. The van der Waals surface area contributed by atoms with Gasteiger partial charge in [-0.25, -0.2) is 0 Å². The Kier molecular flexibility index (Phi) is 3.40. The van der Waals surface area contributed by atoms with Crippen LogP contribution in [0.3, 0.4) is 0 Å². The summed E-state index contributed by atoms with van der Waals surface area (Å²) in [7, 11) is 0. The van der Waals surface area contributed by atoms with Gasteiger partial charge in [0.1, 0.15) is 0 Å². The standard InChI is InChI=1S/C16H21NS/c1-11-12(2)18-16-10-13(6-7-15(11)16)9-14-5-3-4-8-17-14/h6-7,10,14,17H,3-5,8-9H2,1-2H3. The molecule has 3 rings (SSSR count). The molecule has 1 fully saturated rings. The Balaban J connectivity index is 1.84. The van der Waals surface area contributed by atoms with Gasteiger partial charge < -0.3 is 5.32 Å². The number of rotatable bonds is 2. The summed E-state index contributed by atoms with van der Waals surface area (Å²) in [6.45, 7) is 5.66. The summed E-state index contributed by atoms with van der Waals surface area (Å²) < 4.78 is 1.46. The monoisotopic (exact) mass is 259 g/mol. The van der Waals surface area contributed by atoms with Gasteiger partial charge in [-0.2, -0.15) is 0 Å². The maximum absolute atomic E-state index is 3.64. The summed E-state index contributed by atoms with van der Waals surface area (Å²) in [5.74, 6) is 0. The number of hydrogen-bond acceptors (Lipinski definition) is 2. The lowest BCUT2D eigenvalue weighted by molar-refractivity contribution is 0.399. The van der Waals surface area contributed by atoms with E-state index in [1.807, 2.05) is 11.3 Å². The number of benzene rings is 1. The van der Waals surface area contributed by atoms with Gasteiger partial charge in [0.2, 0.25) is 0 Å². The molecular weight excluding hydrogens is 238 g/mol. The number of fused-ring (bicyclic) bond motifs is 1. The second kappa shape index (κ2) is 5.02. The third kappa shape index (κ3) is 2.32. The van der Waals surface area contributed by atoms with E-state index in [0.29, 0.717) is 6.04 Å². The van der Waals surface area contributed by atoms with Gasteiger partial charge in [-0.05, 0) is 62.2 Å². The summed E-state index contributed by atoms with van der Waals surface area (Å²) in [6.07, 6.45) is 5.25. The average Bonchev–Trinajstić information content (AvgIpc) is 2.66. The Morgan fingerprint density at radius 1 is 1.28 bits per heavy atom. The maximum atomic E-state index is 3.64. The van der Waals surface area contributed by atoms with Crippen molar-refractivity contribution >= 4 is 21.4 Å². The minimum Gasteiger partial charge on any atom is -0.314 e. The van der Waals surface area contributed by atoms with Crippen molar-refractivity contribution in [3.63, 3.8) is 0 Å². The molecule has 1 aliphatic heterocycles. The lowest BCUT2D eigenvalue weighted by atomic mass is 9.97. The van der Waals surface area contributed by atoms with Crippen LogP contribution in [0.5, 0.6) is 0 Å². The fourth-order valence-corrected chi connectivity index (χ4v) is 4.04. The molecule has 1 unspecified atom stereocenters. The van der Waals surface area contributed by atoms with Gasteiger partial charge in [0.15, 0.2) is 0 Å². The Hall–Kier alpha value is -0.860. The summed E-state index contributed by atoms with van der Waals surface area (Å²) in [5.41, 5.74) is 2.94. The van der Waals surface area contributed by atoms with Gasteiger partial charge in [0.25, 0.3) is 0 Å². The first-order valence-corrected chi connectivity index (χ1v) is 7.78. The second-order valence-electron chi connectivity index (χ2n) is 5.46. The van der Waals surface area contributed by atoms with Crippen LogP contribution < -0.4 is 5.32 Å². The van der Waals surface area contributed by atoms with Crippen LogP contribution in [0.1, 0.15) is 35.3 Å². The van der Waals surface area contributed by atoms with Crippen LogP contribution in [-0.2, 0) is 6.42 Å². The van der Waals surface area contributed by atoms with E-state index in [9.17, 15) is 0 Å². The predicted molar refractivity (Wildman–Crippen MR) is 80.6 cm³/mol. The fraction of sp³-hybridized carbons (Fsp3) is 0.500. The number of nitrogens with one attached hydrogen (secondary N) is 1. The second-order valence-corrected chi connectivity index (χ2v) is 6.72. The van der Waals surface area contributed by atoms with E-state index in [4.69, 9.17) is 0 Å². The smallest absolute Gasteiger partial charge is 0.0351 e. The zero-order chi connectivity index (χ0) is 12.5. The molecule has 0 amide bonds. The summed E-state index contributed by atoms with van der Waals surface area (Å²) >= 11 is 1.93. The fourth-order valence-electron chi connectivity index (χ4n) is 2.90. The largest absolute Gasteiger partial charge is 0.314 e. The molecule has 2 heteroatoms. The first kappa shape index (κ1) is 12.2. The first-order valence-electron chi connectivity index (χ1n) is 6.96. The van der Waals surface area contributed by atoms with Crippen LogP contribution in [0.25, 0.3) is 10.1 Å². The zero-order valence-corrected chi connectivity index (χ0v) is 12.1. The van der Waals surface area contributed by atoms with Gasteiger partial charge in [0, 0.05) is 15.6 Å². The molecule has 18 heavy (non-hydrogen) atoms. The lowest BCUT2D eigenvalue weighted by Gasteiger charge is -2.23. The molecule has 1 aromatic heterocycles. The normalized spacial score (nSPS) is 20.4. The van der Waals surface area contributed by atoms with Gasteiger partial charge >= 0.3 is 0 Å². The molecule has 1 aromatic carbocycles. The van der Waals surface area contributed by atoms with Gasteiger partial charge in [-0.1, -0.05) is 18.6 Å². The molecular formula is C16H21NS. The summed E-state index contributed by atoms with van der Waals surface area (Å²) in [6, 6.07) is 7.72. The molecule has 0 spiro atoms. The number of piperidine rings is 1. The van der Waals surface area contributed by atoms with E-state index >= 15 is 0 Å². The molecule has 0 bridgehead atoms. The molecule has 1 saturated heterocycles. The van der Waals surface area contributed by atoms with Crippen LogP contribution in [0, 0.1) is 13.8 Å². The molecule has 2 heterocycles. The summed E-state index contributed by atoms with van der Waals surface area (Å²) in [4.78, 5) is 1.46. The van der Waals surface area contributed by atoms with Crippen LogP contribution in [0.2, 0.25) is 0 Å². The van der Waals surface area contributed by atoms with Crippen LogP contribution >= 0.6 is 11.3 Å². The van der Waals surface area contributed by atoms with E-state index in [0.717, 1.165) is 0 Å². The average molecular weight is 259 g/mol. The highest BCUT2D eigenvalue weighted by molar-refractivity contribution is 7.19. The molecule has 96 valence electrons. The van der Waals surface area contributed by atoms with Gasteiger partial charge in [-0.3, -0.25) is 0 Å². The Morgan fingerprint density at radius 3 is 2.94 bits per heavy atom. The van der Waals surface area contributed by atoms with E-state index in [1.165, 1.54) is 58.3 Å². The Morgan fingerprint density at radius 2 is 2.17 bits per heavy atom. The molecule has 0 radical (unpaired) electrons.